The van der Waals surface area contributed by atoms with Gasteiger partial charge in [0.2, 0.25) is 0 Å². The minimum absolute atomic E-state index is 0.384. The Morgan fingerprint density at radius 1 is 1.19 bits per heavy atom. The average Bonchev–Trinajstić information content (AvgIpc) is 2.94. The summed E-state index contributed by atoms with van der Waals surface area (Å²) in [6, 6.07) is 10.6. The summed E-state index contributed by atoms with van der Waals surface area (Å²) < 4.78 is 27.5. The average molecular weight is 324 g/mol. The molecular weight excluding hydrogens is 304 g/mol. The highest BCUT2D eigenvalue weighted by Crippen LogP contribution is 2.29. The minimum Gasteiger partial charge on any atom is -0.399 e. The zero-order valence-electron chi connectivity index (χ0n) is 12.2. The SMILES string of the molecule is CCCN(c1cccc(N)c1)S(=O)(=O)c1ccc(CC)s1. The van der Waals surface area contributed by atoms with Crippen LogP contribution in [0.15, 0.2) is 40.6 Å². The zero-order chi connectivity index (χ0) is 15.5. The van der Waals surface area contributed by atoms with Crippen molar-refractivity contribution in [1.29, 1.82) is 0 Å². The Morgan fingerprint density at radius 2 is 1.95 bits per heavy atom. The van der Waals surface area contributed by atoms with E-state index in [1.807, 2.05) is 19.9 Å². The second kappa shape index (κ2) is 6.49. The Balaban J connectivity index is 2.45. The van der Waals surface area contributed by atoms with Crippen LogP contribution in [-0.2, 0) is 16.4 Å². The lowest BCUT2D eigenvalue weighted by atomic mass is 10.3. The first kappa shape index (κ1) is 15.9. The Bertz CT molecular complexity index is 708. The highest BCUT2D eigenvalue weighted by atomic mass is 32.2. The summed E-state index contributed by atoms with van der Waals surface area (Å²) in [5.74, 6) is 0. The first-order valence-electron chi connectivity index (χ1n) is 6.96. The summed E-state index contributed by atoms with van der Waals surface area (Å²) in [4.78, 5) is 1.07. The fourth-order valence-corrected chi connectivity index (χ4v) is 5.03. The molecule has 0 saturated heterocycles. The molecule has 0 fully saturated rings. The van der Waals surface area contributed by atoms with E-state index in [-0.39, 0.29) is 0 Å². The minimum atomic E-state index is -3.53. The molecular formula is C15H20N2O2S2. The van der Waals surface area contributed by atoms with E-state index >= 15 is 0 Å². The maximum atomic E-state index is 12.9. The van der Waals surface area contributed by atoms with Crippen molar-refractivity contribution in [2.75, 3.05) is 16.6 Å². The topological polar surface area (TPSA) is 63.4 Å². The number of nitrogen functional groups attached to an aromatic ring is 1. The predicted molar refractivity (Wildman–Crippen MR) is 89.4 cm³/mol. The predicted octanol–water partition coefficient (Wildman–Crippen LogP) is 3.50. The monoisotopic (exact) mass is 324 g/mol. The van der Waals surface area contributed by atoms with Gasteiger partial charge < -0.3 is 5.73 Å². The molecule has 0 amide bonds. The number of rotatable bonds is 6. The number of nitrogens with zero attached hydrogens (tertiary/aromatic N) is 1. The Kier molecular flexibility index (Phi) is 4.90. The van der Waals surface area contributed by atoms with E-state index in [0.29, 0.717) is 22.1 Å². The summed E-state index contributed by atoms with van der Waals surface area (Å²) in [5.41, 5.74) is 6.95. The number of hydrogen-bond donors (Lipinski definition) is 1. The number of anilines is 2. The molecule has 0 bridgehead atoms. The van der Waals surface area contributed by atoms with Gasteiger partial charge in [-0.05, 0) is 43.2 Å². The molecule has 0 aliphatic rings. The molecule has 21 heavy (non-hydrogen) atoms. The lowest BCUT2D eigenvalue weighted by molar-refractivity contribution is 0.592. The fraction of sp³-hybridized carbons (Fsp3) is 0.333. The molecule has 1 aromatic heterocycles. The molecule has 0 aliphatic heterocycles. The molecule has 4 nitrogen and oxygen atoms in total. The summed E-state index contributed by atoms with van der Waals surface area (Å²) in [6.07, 6.45) is 1.58. The first-order chi connectivity index (χ1) is 9.98. The van der Waals surface area contributed by atoms with E-state index in [1.54, 1.807) is 30.3 Å². The molecule has 6 heteroatoms. The molecule has 2 N–H and O–H groups in total. The van der Waals surface area contributed by atoms with Crippen molar-refractivity contribution in [1.82, 2.24) is 0 Å². The van der Waals surface area contributed by atoms with Gasteiger partial charge in [0.25, 0.3) is 10.0 Å². The van der Waals surface area contributed by atoms with Crippen molar-refractivity contribution < 1.29 is 8.42 Å². The molecule has 0 saturated carbocycles. The van der Waals surface area contributed by atoms with Gasteiger partial charge in [-0.3, -0.25) is 4.31 Å². The van der Waals surface area contributed by atoms with Gasteiger partial charge in [-0.25, -0.2) is 8.42 Å². The molecule has 0 spiro atoms. The van der Waals surface area contributed by atoms with E-state index in [1.165, 1.54) is 15.6 Å². The van der Waals surface area contributed by atoms with Crippen LogP contribution in [0.4, 0.5) is 11.4 Å². The molecule has 0 aliphatic carbocycles. The van der Waals surface area contributed by atoms with Gasteiger partial charge >= 0.3 is 0 Å². The van der Waals surface area contributed by atoms with Gasteiger partial charge in [-0.15, -0.1) is 11.3 Å². The van der Waals surface area contributed by atoms with Gasteiger partial charge in [0.05, 0.1) is 5.69 Å². The fourth-order valence-electron chi connectivity index (χ4n) is 2.07. The van der Waals surface area contributed by atoms with Gasteiger partial charge in [-0.2, -0.15) is 0 Å². The Morgan fingerprint density at radius 3 is 2.52 bits per heavy atom. The summed E-state index contributed by atoms with van der Waals surface area (Å²) in [7, 11) is -3.53. The standard InChI is InChI=1S/C15H20N2O2S2/c1-3-10-17(13-7-5-6-12(16)11-13)21(18,19)15-9-8-14(4-2)20-15/h5-9,11H,3-4,10,16H2,1-2H3. The molecule has 2 aromatic rings. The van der Waals surface area contributed by atoms with Crippen LogP contribution >= 0.6 is 11.3 Å². The third kappa shape index (κ3) is 3.39. The molecule has 0 unspecified atom stereocenters. The molecule has 0 atom stereocenters. The quantitative estimate of drug-likeness (QED) is 0.827. The van der Waals surface area contributed by atoms with Crippen molar-refractivity contribution >= 4 is 32.7 Å². The van der Waals surface area contributed by atoms with E-state index in [9.17, 15) is 8.42 Å². The number of benzene rings is 1. The normalized spacial score (nSPS) is 11.5. The van der Waals surface area contributed by atoms with E-state index in [2.05, 4.69) is 0 Å². The van der Waals surface area contributed by atoms with Crippen molar-refractivity contribution in [3.05, 3.63) is 41.3 Å². The van der Waals surface area contributed by atoms with Crippen LogP contribution in [0.1, 0.15) is 25.1 Å². The molecule has 0 radical (unpaired) electrons. The van der Waals surface area contributed by atoms with E-state index < -0.39 is 10.0 Å². The number of sulfonamides is 1. The summed E-state index contributed by atoms with van der Waals surface area (Å²) >= 11 is 1.33. The van der Waals surface area contributed by atoms with Crippen molar-refractivity contribution in [3.63, 3.8) is 0 Å². The van der Waals surface area contributed by atoms with Gasteiger partial charge in [0, 0.05) is 17.1 Å². The number of nitrogens with two attached hydrogens (primary N) is 1. The Labute approximate surface area is 130 Å². The number of hydrogen-bond acceptors (Lipinski definition) is 4. The molecule has 1 heterocycles. The second-order valence-electron chi connectivity index (χ2n) is 4.75. The van der Waals surface area contributed by atoms with Crippen LogP contribution in [-0.4, -0.2) is 15.0 Å². The van der Waals surface area contributed by atoms with Crippen molar-refractivity contribution in [2.24, 2.45) is 0 Å². The lowest BCUT2D eigenvalue weighted by Crippen LogP contribution is -2.31. The van der Waals surface area contributed by atoms with Crippen LogP contribution in [0.5, 0.6) is 0 Å². The van der Waals surface area contributed by atoms with Crippen molar-refractivity contribution in [3.8, 4) is 0 Å². The Hall–Kier alpha value is -1.53. The molecule has 2 rings (SSSR count). The third-order valence-electron chi connectivity index (χ3n) is 3.11. The van der Waals surface area contributed by atoms with Crippen LogP contribution in [0.3, 0.4) is 0 Å². The smallest absolute Gasteiger partial charge is 0.273 e. The van der Waals surface area contributed by atoms with E-state index in [0.717, 1.165) is 17.7 Å². The zero-order valence-corrected chi connectivity index (χ0v) is 13.9. The molecule has 114 valence electrons. The van der Waals surface area contributed by atoms with Gasteiger partial charge in [0.1, 0.15) is 4.21 Å². The first-order valence-corrected chi connectivity index (χ1v) is 9.21. The summed E-state index contributed by atoms with van der Waals surface area (Å²) in [6.45, 7) is 4.41. The van der Waals surface area contributed by atoms with Crippen LogP contribution in [0, 0.1) is 0 Å². The van der Waals surface area contributed by atoms with Crippen LogP contribution < -0.4 is 10.0 Å². The lowest BCUT2D eigenvalue weighted by Gasteiger charge is -2.23. The largest absolute Gasteiger partial charge is 0.399 e. The third-order valence-corrected chi connectivity index (χ3v) is 6.64. The van der Waals surface area contributed by atoms with Gasteiger partial charge in [0.15, 0.2) is 0 Å². The molecule has 1 aromatic carbocycles. The van der Waals surface area contributed by atoms with Crippen molar-refractivity contribution in [2.45, 2.75) is 30.9 Å². The van der Waals surface area contributed by atoms with Gasteiger partial charge in [-0.1, -0.05) is 19.9 Å². The summed E-state index contributed by atoms with van der Waals surface area (Å²) in [5, 5.41) is 0. The number of aryl methyl sites for hydroxylation is 1. The maximum absolute atomic E-state index is 12.9. The number of thiophene rings is 1. The highest BCUT2D eigenvalue weighted by Gasteiger charge is 2.26. The van der Waals surface area contributed by atoms with Crippen LogP contribution in [0.25, 0.3) is 0 Å². The highest BCUT2D eigenvalue weighted by molar-refractivity contribution is 7.94. The maximum Gasteiger partial charge on any atom is 0.273 e. The second-order valence-corrected chi connectivity index (χ2v) is 8.00. The van der Waals surface area contributed by atoms with E-state index in [4.69, 9.17) is 5.73 Å². The van der Waals surface area contributed by atoms with Crippen LogP contribution in [0.2, 0.25) is 0 Å².